The van der Waals surface area contributed by atoms with Gasteiger partial charge in [0.25, 0.3) is 5.91 Å². The number of benzene rings is 2. The van der Waals surface area contributed by atoms with Crippen molar-refractivity contribution in [2.45, 2.75) is 32.9 Å². The lowest BCUT2D eigenvalue weighted by atomic mass is 9.91. The smallest absolute Gasteiger partial charge is 0.325 e. The summed E-state index contributed by atoms with van der Waals surface area (Å²) in [7, 11) is 0. The third-order valence-corrected chi connectivity index (χ3v) is 6.00. The van der Waals surface area contributed by atoms with Gasteiger partial charge in [-0.05, 0) is 56.2 Å². The second-order valence-corrected chi connectivity index (χ2v) is 8.13. The molecule has 3 amide bonds. The van der Waals surface area contributed by atoms with Gasteiger partial charge in [-0.2, -0.15) is 0 Å². The highest BCUT2D eigenvalue weighted by atomic mass is 79.9. The predicted molar refractivity (Wildman–Crippen MR) is 115 cm³/mol. The molecule has 0 unspecified atom stereocenters. The first-order valence-corrected chi connectivity index (χ1v) is 10.8. The third kappa shape index (κ3) is 3.78. The van der Waals surface area contributed by atoms with Crippen LogP contribution in [0.15, 0.2) is 34.8 Å². The molecule has 0 spiro atoms. The lowest BCUT2D eigenvalue weighted by molar-refractivity contribution is -0.131. The molecule has 2 aromatic carbocycles. The van der Waals surface area contributed by atoms with Crippen LogP contribution in [0.25, 0.3) is 0 Å². The first-order valence-electron chi connectivity index (χ1n) is 9.99. The quantitative estimate of drug-likeness (QED) is 0.591. The number of rotatable bonds is 7. The van der Waals surface area contributed by atoms with Crippen molar-refractivity contribution < 1.29 is 28.5 Å². The molecule has 2 aliphatic rings. The number of imide groups is 1. The number of halogens is 1. The average Bonchev–Trinajstić information content (AvgIpc) is 3.29. The highest BCUT2D eigenvalue weighted by Gasteiger charge is 2.49. The number of nitrogens with zero attached hydrogens (tertiary/aromatic N) is 1. The molecule has 31 heavy (non-hydrogen) atoms. The van der Waals surface area contributed by atoms with Crippen LogP contribution in [-0.2, 0) is 16.9 Å². The van der Waals surface area contributed by atoms with Crippen LogP contribution in [0.2, 0.25) is 0 Å². The maximum Gasteiger partial charge on any atom is 0.325 e. The lowest BCUT2D eigenvalue weighted by Gasteiger charge is -2.23. The Morgan fingerprint density at radius 3 is 2.45 bits per heavy atom. The van der Waals surface area contributed by atoms with Crippen LogP contribution in [-0.4, -0.2) is 36.8 Å². The zero-order valence-corrected chi connectivity index (χ0v) is 19.1. The molecule has 1 atom stereocenters. The topological polar surface area (TPSA) is 86.3 Å². The van der Waals surface area contributed by atoms with Crippen molar-refractivity contribution in [1.82, 2.24) is 10.2 Å². The van der Waals surface area contributed by atoms with Gasteiger partial charge in [-0.1, -0.05) is 22.0 Å². The lowest BCUT2D eigenvalue weighted by Crippen LogP contribution is -2.40. The molecule has 0 aromatic heterocycles. The fourth-order valence-electron chi connectivity index (χ4n) is 3.65. The summed E-state index contributed by atoms with van der Waals surface area (Å²) in [6, 6.07) is 8.33. The van der Waals surface area contributed by atoms with Gasteiger partial charge in [-0.3, -0.25) is 9.69 Å². The summed E-state index contributed by atoms with van der Waals surface area (Å²) < 4.78 is 22.8. The Kier molecular flexibility index (Phi) is 5.70. The molecule has 0 radical (unpaired) electrons. The molecular formula is C22H23BrN2O6. The number of fused-ring (bicyclic) bond motifs is 1. The highest BCUT2D eigenvalue weighted by Crippen LogP contribution is 2.39. The van der Waals surface area contributed by atoms with Crippen molar-refractivity contribution in [2.24, 2.45) is 0 Å². The summed E-state index contributed by atoms with van der Waals surface area (Å²) >= 11 is 3.52. The molecule has 0 bridgehead atoms. The molecular weight excluding hydrogens is 468 g/mol. The number of urea groups is 1. The zero-order chi connectivity index (χ0) is 22.2. The Morgan fingerprint density at radius 2 is 1.74 bits per heavy atom. The molecule has 164 valence electrons. The van der Waals surface area contributed by atoms with Gasteiger partial charge >= 0.3 is 6.03 Å². The van der Waals surface area contributed by atoms with Crippen LogP contribution in [0.1, 0.15) is 31.9 Å². The van der Waals surface area contributed by atoms with E-state index in [1.807, 2.05) is 13.8 Å². The molecule has 1 fully saturated rings. The monoisotopic (exact) mass is 490 g/mol. The SMILES string of the molecule is CCOc1cc(Br)c(CN2C(=O)N[C@](C)(c3ccc4c(c3)OCO4)C2=O)cc1OCC. The average molecular weight is 491 g/mol. The van der Waals surface area contributed by atoms with Crippen molar-refractivity contribution in [3.8, 4) is 23.0 Å². The molecule has 9 heteroatoms. The number of nitrogens with one attached hydrogen (secondary N) is 1. The van der Waals surface area contributed by atoms with E-state index < -0.39 is 11.6 Å². The standard InChI is InChI=1S/C22H23BrN2O6/c1-4-28-17-8-13(15(23)10-19(17)29-5-2)11-25-20(26)22(3,24-21(25)27)14-6-7-16-18(9-14)31-12-30-16/h6-10H,4-5,11-12H2,1-3H3,(H,24,27)/t22-/m1/s1. The minimum absolute atomic E-state index is 0.0812. The summed E-state index contributed by atoms with van der Waals surface area (Å²) in [5.41, 5.74) is 0.141. The van der Waals surface area contributed by atoms with Crippen molar-refractivity contribution in [2.75, 3.05) is 20.0 Å². The van der Waals surface area contributed by atoms with E-state index in [0.29, 0.717) is 41.8 Å². The van der Waals surface area contributed by atoms with Crippen LogP contribution >= 0.6 is 15.9 Å². The van der Waals surface area contributed by atoms with Gasteiger partial charge in [0.2, 0.25) is 6.79 Å². The third-order valence-electron chi connectivity index (χ3n) is 5.27. The molecule has 4 rings (SSSR count). The number of hydrogen-bond donors (Lipinski definition) is 1. The van der Waals surface area contributed by atoms with Gasteiger partial charge in [0.15, 0.2) is 23.0 Å². The maximum atomic E-state index is 13.3. The van der Waals surface area contributed by atoms with Crippen LogP contribution in [0, 0.1) is 0 Å². The predicted octanol–water partition coefficient (Wildman–Crippen LogP) is 3.94. The molecule has 0 saturated carbocycles. The second-order valence-electron chi connectivity index (χ2n) is 7.27. The van der Waals surface area contributed by atoms with E-state index in [1.165, 1.54) is 4.90 Å². The summed E-state index contributed by atoms with van der Waals surface area (Å²) in [5.74, 6) is 1.98. The van der Waals surface area contributed by atoms with E-state index in [0.717, 1.165) is 10.0 Å². The van der Waals surface area contributed by atoms with Crippen LogP contribution in [0.5, 0.6) is 23.0 Å². The van der Waals surface area contributed by atoms with E-state index >= 15 is 0 Å². The summed E-state index contributed by atoms with van der Waals surface area (Å²) in [4.78, 5) is 27.3. The highest BCUT2D eigenvalue weighted by molar-refractivity contribution is 9.10. The van der Waals surface area contributed by atoms with Crippen molar-refractivity contribution in [1.29, 1.82) is 0 Å². The molecule has 1 N–H and O–H groups in total. The number of amides is 3. The number of carbonyl (C=O) groups is 2. The zero-order valence-electron chi connectivity index (χ0n) is 17.5. The minimum atomic E-state index is -1.21. The Morgan fingerprint density at radius 1 is 1.06 bits per heavy atom. The normalized spacial score (nSPS) is 19.5. The Labute approximate surface area is 188 Å². The van der Waals surface area contributed by atoms with Gasteiger partial charge in [-0.25, -0.2) is 4.79 Å². The van der Waals surface area contributed by atoms with Gasteiger partial charge in [-0.15, -0.1) is 0 Å². The second kappa shape index (κ2) is 8.30. The first-order chi connectivity index (χ1) is 14.9. The molecule has 8 nitrogen and oxygen atoms in total. The van der Waals surface area contributed by atoms with Crippen molar-refractivity contribution in [3.05, 3.63) is 45.9 Å². The van der Waals surface area contributed by atoms with Crippen molar-refractivity contribution in [3.63, 3.8) is 0 Å². The van der Waals surface area contributed by atoms with Gasteiger partial charge in [0.1, 0.15) is 5.54 Å². The number of ether oxygens (including phenoxy) is 4. The molecule has 2 heterocycles. The van der Waals surface area contributed by atoms with E-state index in [9.17, 15) is 9.59 Å². The fourth-order valence-corrected chi connectivity index (χ4v) is 4.10. The molecule has 2 aliphatic heterocycles. The molecule has 0 aliphatic carbocycles. The van der Waals surface area contributed by atoms with Crippen LogP contribution in [0.4, 0.5) is 4.79 Å². The van der Waals surface area contributed by atoms with E-state index in [1.54, 1.807) is 37.3 Å². The van der Waals surface area contributed by atoms with Crippen molar-refractivity contribution >= 4 is 27.9 Å². The summed E-state index contributed by atoms with van der Waals surface area (Å²) in [6.45, 7) is 6.63. The van der Waals surface area contributed by atoms with Gasteiger partial charge < -0.3 is 24.3 Å². The Hall–Kier alpha value is -2.94. The maximum absolute atomic E-state index is 13.3. The van der Waals surface area contributed by atoms with Gasteiger partial charge in [0.05, 0.1) is 19.8 Å². The summed E-state index contributed by atoms with van der Waals surface area (Å²) in [5, 5.41) is 2.82. The Bertz CT molecular complexity index is 1040. The van der Waals surface area contributed by atoms with Gasteiger partial charge in [0, 0.05) is 4.47 Å². The van der Waals surface area contributed by atoms with E-state index in [2.05, 4.69) is 21.2 Å². The number of carbonyl (C=O) groups excluding carboxylic acids is 2. The molecule has 2 aromatic rings. The van der Waals surface area contributed by atoms with E-state index in [4.69, 9.17) is 18.9 Å². The van der Waals surface area contributed by atoms with Crippen LogP contribution < -0.4 is 24.3 Å². The fraction of sp³-hybridized carbons (Fsp3) is 0.364. The molecule has 1 saturated heterocycles. The van der Waals surface area contributed by atoms with E-state index in [-0.39, 0.29) is 19.2 Å². The number of hydrogen-bond acceptors (Lipinski definition) is 6. The Balaban J connectivity index is 1.62. The largest absolute Gasteiger partial charge is 0.490 e. The first kappa shape index (κ1) is 21.3. The van der Waals surface area contributed by atoms with Crippen LogP contribution in [0.3, 0.4) is 0 Å². The summed E-state index contributed by atoms with van der Waals surface area (Å²) in [6.07, 6.45) is 0. The minimum Gasteiger partial charge on any atom is -0.490 e.